The fourth-order valence-electron chi connectivity index (χ4n) is 3.65. The third-order valence-corrected chi connectivity index (χ3v) is 7.89. The van der Waals surface area contributed by atoms with Gasteiger partial charge in [-0.05, 0) is 31.0 Å². The number of amides is 1. The Balaban J connectivity index is 1.52. The number of carbonyl (C=O) groups is 1. The molecule has 1 aliphatic heterocycles. The molecule has 0 saturated carbocycles. The second kappa shape index (κ2) is 9.57. The van der Waals surface area contributed by atoms with E-state index in [2.05, 4.69) is 15.0 Å². The van der Waals surface area contributed by atoms with Gasteiger partial charge in [-0.25, -0.2) is 13.4 Å². The zero-order chi connectivity index (χ0) is 23.6. The van der Waals surface area contributed by atoms with Crippen LogP contribution >= 0.6 is 11.3 Å². The van der Waals surface area contributed by atoms with E-state index >= 15 is 0 Å². The summed E-state index contributed by atoms with van der Waals surface area (Å²) in [6.45, 7) is -2.04. The topological polar surface area (TPSA) is 93.5 Å². The van der Waals surface area contributed by atoms with Crippen LogP contribution in [0, 0.1) is 0 Å². The number of aryl methyl sites for hydroxylation is 1. The highest BCUT2D eigenvalue weighted by atomic mass is 32.2. The lowest BCUT2D eigenvalue weighted by molar-refractivity contribution is -0.0494. The summed E-state index contributed by atoms with van der Waals surface area (Å²) in [7, 11) is -2.08. The minimum Gasteiger partial charge on any atom is -0.434 e. The number of ether oxygens (including phenoxy) is 1. The predicted molar refractivity (Wildman–Crippen MR) is 120 cm³/mol. The number of halogens is 2. The van der Waals surface area contributed by atoms with E-state index < -0.39 is 22.5 Å². The van der Waals surface area contributed by atoms with E-state index in [9.17, 15) is 22.0 Å². The van der Waals surface area contributed by atoms with E-state index in [1.54, 1.807) is 30.6 Å². The van der Waals surface area contributed by atoms with Crippen molar-refractivity contribution in [1.29, 1.82) is 0 Å². The molecule has 1 N–H and O–H groups in total. The lowest BCUT2D eigenvalue weighted by atomic mass is 10.1. The van der Waals surface area contributed by atoms with Crippen LogP contribution < -0.4 is 10.1 Å². The first-order chi connectivity index (χ1) is 15.8. The van der Waals surface area contributed by atoms with Gasteiger partial charge in [-0.1, -0.05) is 18.6 Å². The quantitative estimate of drug-likeness (QED) is 0.530. The Bertz CT molecular complexity index is 1250. The first-order valence-corrected chi connectivity index (χ1v) is 12.6. The largest absolute Gasteiger partial charge is 0.434 e. The van der Waals surface area contributed by atoms with E-state index in [0.29, 0.717) is 24.3 Å². The fourth-order valence-corrected chi connectivity index (χ4v) is 5.94. The first-order valence-electron chi connectivity index (χ1n) is 10.2. The maximum atomic E-state index is 12.9. The van der Waals surface area contributed by atoms with Gasteiger partial charge in [0.1, 0.15) is 16.3 Å². The third-order valence-electron chi connectivity index (χ3n) is 5.27. The number of rotatable bonds is 7. The molecule has 0 spiro atoms. The van der Waals surface area contributed by atoms with Gasteiger partial charge in [0, 0.05) is 37.3 Å². The lowest BCUT2D eigenvalue weighted by Gasteiger charge is -2.25. The molecule has 0 bridgehead atoms. The number of hydrogen-bond donors (Lipinski definition) is 1. The Morgan fingerprint density at radius 2 is 1.94 bits per heavy atom. The molecule has 8 nitrogen and oxygen atoms in total. The van der Waals surface area contributed by atoms with Gasteiger partial charge in [0.2, 0.25) is 10.0 Å². The zero-order valence-corrected chi connectivity index (χ0v) is 19.3. The molecule has 2 aromatic heterocycles. The van der Waals surface area contributed by atoms with Crippen LogP contribution in [-0.4, -0.2) is 47.9 Å². The van der Waals surface area contributed by atoms with Crippen molar-refractivity contribution in [2.45, 2.75) is 30.8 Å². The van der Waals surface area contributed by atoms with Crippen molar-refractivity contribution in [3.63, 3.8) is 0 Å². The van der Waals surface area contributed by atoms with Gasteiger partial charge in [0.25, 0.3) is 5.91 Å². The molecule has 1 aliphatic rings. The van der Waals surface area contributed by atoms with Crippen molar-refractivity contribution in [2.24, 2.45) is 7.05 Å². The maximum absolute atomic E-state index is 12.9. The molecule has 176 valence electrons. The van der Waals surface area contributed by atoms with Crippen molar-refractivity contribution in [2.75, 3.05) is 18.4 Å². The van der Waals surface area contributed by atoms with Crippen molar-refractivity contribution in [3.8, 4) is 17.0 Å². The fraction of sp³-hybridized carbons (Fsp3) is 0.333. The van der Waals surface area contributed by atoms with Gasteiger partial charge >= 0.3 is 6.61 Å². The van der Waals surface area contributed by atoms with Crippen LogP contribution in [0.4, 0.5) is 13.9 Å². The number of para-hydroxylation sites is 1. The summed E-state index contributed by atoms with van der Waals surface area (Å²) >= 11 is 1.11. The van der Waals surface area contributed by atoms with E-state index in [-0.39, 0.29) is 21.5 Å². The summed E-state index contributed by atoms with van der Waals surface area (Å²) < 4.78 is 58.6. The molecule has 0 aliphatic carbocycles. The molecule has 1 amide bonds. The standard InChI is InChI=1S/C21H22F2N4O4S2/c1-26-12-14(33(29,30)27-9-5-2-6-10-27)11-17(26)19(28)25-21-24-16(13-32-21)15-7-3-4-8-18(15)31-20(22)23/h3-4,7-8,11-13,20H,2,5-6,9-10H2,1H3,(H,24,25,28). The monoisotopic (exact) mass is 496 g/mol. The van der Waals surface area contributed by atoms with Gasteiger partial charge in [-0.3, -0.25) is 10.1 Å². The van der Waals surface area contributed by atoms with E-state index in [1.165, 1.54) is 27.2 Å². The summed E-state index contributed by atoms with van der Waals surface area (Å²) in [5.74, 6) is -0.554. The average Bonchev–Trinajstić information content (AvgIpc) is 3.41. The summed E-state index contributed by atoms with van der Waals surface area (Å²) in [5, 5.41) is 4.49. The second-order valence-corrected chi connectivity index (χ2v) is 10.3. The minimum atomic E-state index is -3.67. The highest BCUT2D eigenvalue weighted by molar-refractivity contribution is 7.89. The van der Waals surface area contributed by atoms with Crippen LogP contribution in [0.25, 0.3) is 11.3 Å². The number of thiazole rings is 1. The van der Waals surface area contributed by atoms with Crippen LogP contribution in [0.5, 0.6) is 5.75 Å². The average molecular weight is 497 g/mol. The molecule has 3 heterocycles. The van der Waals surface area contributed by atoms with E-state index in [0.717, 1.165) is 30.6 Å². The molecular weight excluding hydrogens is 474 g/mol. The number of alkyl halides is 2. The van der Waals surface area contributed by atoms with Crippen molar-refractivity contribution < 1.29 is 26.7 Å². The Morgan fingerprint density at radius 3 is 2.67 bits per heavy atom. The smallest absolute Gasteiger partial charge is 0.387 e. The van der Waals surface area contributed by atoms with Crippen molar-refractivity contribution in [3.05, 3.63) is 47.6 Å². The van der Waals surface area contributed by atoms with Gasteiger partial charge < -0.3 is 9.30 Å². The summed E-state index contributed by atoms with van der Waals surface area (Å²) in [5.41, 5.74) is 0.888. The van der Waals surface area contributed by atoms with Crippen LogP contribution in [-0.2, 0) is 17.1 Å². The number of hydrogen-bond acceptors (Lipinski definition) is 6. The number of carbonyl (C=O) groups excluding carboxylic acids is 1. The van der Waals surface area contributed by atoms with Gasteiger partial charge in [-0.2, -0.15) is 13.1 Å². The SMILES string of the molecule is Cn1cc(S(=O)(=O)N2CCCCC2)cc1C(=O)Nc1nc(-c2ccccc2OC(F)F)cs1. The molecule has 0 atom stereocenters. The molecule has 3 aromatic rings. The van der Waals surface area contributed by atoms with Gasteiger partial charge in [0.15, 0.2) is 5.13 Å². The van der Waals surface area contributed by atoms with Gasteiger partial charge in [-0.15, -0.1) is 11.3 Å². The highest BCUT2D eigenvalue weighted by Gasteiger charge is 2.28. The number of sulfonamides is 1. The third kappa shape index (κ3) is 5.07. The Morgan fingerprint density at radius 1 is 1.21 bits per heavy atom. The predicted octanol–water partition coefficient (Wildman–Crippen LogP) is 4.18. The van der Waals surface area contributed by atoms with Crippen LogP contribution in [0.15, 0.2) is 46.8 Å². The normalized spacial score (nSPS) is 15.0. The summed E-state index contributed by atoms with van der Waals surface area (Å²) in [6, 6.07) is 7.58. The maximum Gasteiger partial charge on any atom is 0.387 e. The Labute approximate surface area is 193 Å². The second-order valence-electron chi connectivity index (χ2n) is 7.50. The van der Waals surface area contributed by atoms with Crippen LogP contribution in [0.1, 0.15) is 29.8 Å². The van der Waals surface area contributed by atoms with Crippen molar-refractivity contribution >= 4 is 32.4 Å². The molecule has 33 heavy (non-hydrogen) atoms. The molecular formula is C21H22F2N4O4S2. The molecule has 1 saturated heterocycles. The van der Waals surface area contributed by atoms with Crippen LogP contribution in [0.2, 0.25) is 0 Å². The Hall–Kier alpha value is -2.83. The highest BCUT2D eigenvalue weighted by Crippen LogP contribution is 2.33. The molecule has 4 rings (SSSR count). The molecule has 1 aromatic carbocycles. The van der Waals surface area contributed by atoms with Gasteiger partial charge in [0.05, 0.1) is 5.69 Å². The van der Waals surface area contributed by atoms with Crippen molar-refractivity contribution in [1.82, 2.24) is 13.9 Å². The zero-order valence-electron chi connectivity index (χ0n) is 17.7. The Kier molecular flexibility index (Phi) is 6.77. The molecule has 0 radical (unpaired) electrons. The first kappa shape index (κ1) is 23.3. The number of piperidine rings is 1. The molecule has 12 heteroatoms. The number of benzene rings is 1. The summed E-state index contributed by atoms with van der Waals surface area (Å²) in [4.78, 5) is 17.2. The minimum absolute atomic E-state index is 0.0225. The van der Waals surface area contributed by atoms with E-state index in [1.807, 2.05) is 0 Å². The lowest BCUT2D eigenvalue weighted by Crippen LogP contribution is -2.35. The van der Waals surface area contributed by atoms with E-state index in [4.69, 9.17) is 0 Å². The summed E-state index contributed by atoms with van der Waals surface area (Å²) in [6.07, 6.45) is 4.06. The molecule has 1 fully saturated rings. The number of nitrogens with zero attached hydrogens (tertiary/aromatic N) is 3. The number of anilines is 1. The number of nitrogens with one attached hydrogen (secondary N) is 1. The number of aromatic nitrogens is 2. The molecule has 0 unspecified atom stereocenters. The van der Waals surface area contributed by atoms with Crippen LogP contribution in [0.3, 0.4) is 0 Å².